The van der Waals surface area contributed by atoms with Crippen LogP contribution in [0.3, 0.4) is 0 Å². The number of nitrogens with zero attached hydrogens (tertiary/aromatic N) is 2. The lowest BCUT2D eigenvalue weighted by Gasteiger charge is -2.08. The molecule has 0 fully saturated rings. The molecule has 7 heteroatoms. The first-order chi connectivity index (χ1) is 13.1. The van der Waals surface area contributed by atoms with Crippen LogP contribution >= 0.6 is 0 Å². The molecule has 0 atom stereocenters. The van der Waals surface area contributed by atoms with Gasteiger partial charge in [0.1, 0.15) is 0 Å². The molecular formula is C20H18N4O3. The standard InChI is InChI=1S/C20H18N4O3/c1-12-3-4-15(7-13(12)2)23-19(25)14-9-21-20(22-10-14)24-16-5-6-17-18(8-16)27-11-26-17/h3-10H,11H2,1-2H3,(H,23,25)(H,21,22,24). The molecule has 0 unspecified atom stereocenters. The van der Waals surface area contributed by atoms with Gasteiger partial charge in [0.2, 0.25) is 12.7 Å². The predicted molar refractivity (Wildman–Crippen MR) is 102 cm³/mol. The van der Waals surface area contributed by atoms with Crippen LogP contribution in [0.2, 0.25) is 0 Å². The minimum Gasteiger partial charge on any atom is -0.454 e. The first-order valence-corrected chi connectivity index (χ1v) is 8.46. The summed E-state index contributed by atoms with van der Waals surface area (Å²) < 4.78 is 10.6. The van der Waals surface area contributed by atoms with Crippen molar-refractivity contribution >= 4 is 23.2 Å². The highest BCUT2D eigenvalue weighted by Gasteiger charge is 2.14. The Hall–Kier alpha value is -3.61. The third-order valence-electron chi connectivity index (χ3n) is 4.31. The molecule has 2 aromatic carbocycles. The summed E-state index contributed by atoms with van der Waals surface area (Å²) in [5.74, 6) is 1.51. The van der Waals surface area contributed by atoms with Crippen LogP contribution in [-0.4, -0.2) is 22.7 Å². The summed E-state index contributed by atoms with van der Waals surface area (Å²) in [4.78, 5) is 20.8. The topological polar surface area (TPSA) is 85.4 Å². The van der Waals surface area contributed by atoms with Gasteiger partial charge in [-0.05, 0) is 49.2 Å². The van der Waals surface area contributed by atoms with E-state index in [1.165, 1.54) is 18.0 Å². The Morgan fingerprint density at radius 1 is 0.926 bits per heavy atom. The van der Waals surface area contributed by atoms with Crippen LogP contribution in [-0.2, 0) is 0 Å². The lowest BCUT2D eigenvalue weighted by molar-refractivity contribution is 0.102. The van der Waals surface area contributed by atoms with Gasteiger partial charge in [0.05, 0.1) is 5.56 Å². The number of amides is 1. The van der Waals surface area contributed by atoms with Crippen LogP contribution in [0.1, 0.15) is 21.5 Å². The van der Waals surface area contributed by atoms with E-state index in [9.17, 15) is 4.79 Å². The van der Waals surface area contributed by atoms with Gasteiger partial charge in [0.15, 0.2) is 11.5 Å². The van der Waals surface area contributed by atoms with Crippen molar-refractivity contribution in [2.24, 2.45) is 0 Å². The summed E-state index contributed by atoms with van der Waals surface area (Å²) in [6, 6.07) is 11.2. The number of nitrogens with one attached hydrogen (secondary N) is 2. The molecule has 1 amide bonds. The van der Waals surface area contributed by atoms with Crippen molar-refractivity contribution in [1.82, 2.24) is 9.97 Å². The SMILES string of the molecule is Cc1ccc(NC(=O)c2cnc(Nc3ccc4c(c3)OCO4)nc2)cc1C. The van der Waals surface area contributed by atoms with Crippen LogP contribution in [0.15, 0.2) is 48.8 Å². The number of aromatic nitrogens is 2. The second kappa shape index (κ2) is 6.95. The van der Waals surface area contributed by atoms with Crippen molar-refractivity contribution in [3.8, 4) is 11.5 Å². The second-order valence-corrected chi connectivity index (χ2v) is 6.24. The van der Waals surface area contributed by atoms with Gasteiger partial charge in [0.25, 0.3) is 5.91 Å². The first kappa shape index (κ1) is 16.8. The lowest BCUT2D eigenvalue weighted by Crippen LogP contribution is -2.13. The number of anilines is 3. The number of fused-ring (bicyclic) bond motifs is 1. The molecule has 1 aromatic heterocycles. The number of carbonyl (C=O) groups is 1. The maximum absolute atomic E-state index is 12.4. The monoisotopic (exact) mass is 362 g/mol. The van der Waals surface area contributed by atoms with Crippen LogP contribution in [0.4, 0.5) is 17.3 Å². The Labute approximate surface area is 156 Å². The Morgan fingerprint density at radius 2 is 1.67 bits per heavy atom. The lowest BCUT2D eigenvalue weighted by atomic mass is 10.1. The van der Waals surface area contributed by atoms with Crippen LogP contribution in [0, 0.1) is 13.8 Å². The highest BCUT2D eigenvalue weighted by atomic mass is 16.7. The van der Waals surface area contributed by atoms with E-state index in [0.717, 1.165) is 16.9 Å². The average molecular weight is 362 g/mol. The number of ether oxygens (including phenoxy) is 2. The maximum Gasteiger partial charge on any atom is 0.258 e. The maximum atomic E-state index is 12.4. The minimum absolute atomic E-state index is 0.222. The molecule has 2 heterocycles. The molecule has 136 valence electrons. The summed E-state index contributed by atoms with van der Waals surface area (Å²) >= 11 is 0. The molecule has 0 bridgehead atoms. The third-order valence-corrected chi connectivity index (χ3v) is 4.31. The molecule has 7 nitrogen and oxygen atoms in total. The number of benzene rings is 2. The molecule has 0 spiro atoms. The summed E-state index contributed by atoms with van der Waals surface area (Å²) in [6.45, 7) is 4.25. The van der Waals surface area contributed by atoms with Gasteiger partial charge in [-0.3, -0.25) is 4.79 Å². The van der Waals surface area contributed by atoms with Crippen molar-refractivity contribution in [1.29, 1.82) is 0 Å². The molecule has 0 aliphatic carbocycles. The summed E-state index contributed by atoms with van der Waals surface area (Å²) in [7, 11) is 0. The largest absolute Gasteiger partial charge is 0.454 e. The van der Waals surface area contributed by atoms with E-state index in [1.807, 2.05) is 50.2 Å². The summed E-state index contributed by atoms with van der Waals surface area (Å²) in [6.07, 6.45) is 2.97. The Balaban J connectivity index is 1.43. The number of carbonyl (C=O) groups excluding carboxylic acids is 1. The fourth-order valence-electron chi connectivity index (χ4n) is 2.64. The Kier molecular flexibility index (Phi) is 4.33. The zero-order valence-corrected chi connectivity index (χ0v) is 14.9. The van der Waals surface area contributed by atoms with Crippen LogP contribution in [0.5, 0.6) is 11.5 Å². The van der Waals surface area contributed by atoms with E-state index >= 15 is 0 Å². The van der Waals surface area contributed by atoms with Gasteiger partial charge in [-0.2, -0.15) is 0 Å². The van der Waals surface area contributed by atoms with E-state index < -0.39 is 0 Å². The van der Waals surface area contributed by atoms with Gasteiger partial charge in [-0.1, -0.05) is 6.07 Å². The summed E-state index contributed by atoms with van der Waals surface area (Å²) in [5.41, 5.74) is 4.18. The number of hydrogen-bond donors (Lipinski definition) is 2. The number of hydrogen-bond acceptors (Lipinski definition) is 6. The van der Waals surface area contributed by atoms with Gasteiger partial charge in [-0.25, -0.2) is 9.97 Å². The van der Waals surface area contributed by atoms with Crippen molar-refractivity contribution in [3.63, 3.8) is 0 Å². The number of rotatable bonds is 4. The quantitative estimate of drug-likeness (QED) is 0.734. The smallest absolute Gasteiger partial charge is 0.258 e. The summed E-state index contributed by atoms with van der Waals surface area (Å²) in [5, 5.41) is 5.93. The normalized spacial score (nSPS) is 11.9. The van der Waals surface area contributed by atoms with Crippen molar-refractivity contribution < 1.29 is 14.3 Å². The zero-order chi connectivity index (χ0) is 18.8. The van der Waals surface area contributed by atoms with Crippen LogP contribution < -0.4 is 20.1 Å². The Morgan fingerprint density at radius 3 is 2.44 bits per heavy atom. The van der Waals surface area contributed by atoms with E-state index in [2.05, 4.69) is 20.6 Å². The average Bonchev–Trinajstić information content (AvgIpc) is 3.13. The molecular weight excluding hydrogens is 344 g/mol. The van der Waals surface area contributed by atoms with E-state index in [4.69, 9.17) is 9.47 Å². The van der Waals surface area contributed by atoms with E-state index in [0.29, 0.717) is 23.0 Å². The predicted octanol–water partition coefficient (Wildman–Crippen LogP) is 3.82. The minimum atomic E-state index is -0.257. The van der Waals surface area contributed by atoms with E-state index in [-0.39, 0.29) is 12.7 Å². The Bertz CT molecular complexity index is 1000. The third kappa shape index (κ3) is 3.67. The van der Waals surface area contributed by atoms with Gasteiger partial charge < -0.3 is 20.1 Å². The molecule has 0 radical (unpaired) electrons. The number of aryl methyl sites for hydroxylation is 2. The fraction of sp³-hybridized carbons (Fsp3) is 0.150. The van der Waals surface area contributed by atoms with Crippen molar-refractivity contribution in [3.05, 3.63) is 65.5 Å². The van der Waals surface area contributed by atoms with Gasteiger partial charge in [-0.15, -0.1) is 0 Å². The van der Waals surface area contributed by atoms with Crippen LogP contribution in [0.25, 0.3) is 0 Å². The fourth-order valence-corrected chi connectivity index (χ4v) is 2.64. The second-order valence-electron chi connectivity index (χ2n) is 6.24. The van der Waals surface area contributed by atoms with Crippen molar-refractivity contribution in [2.75, 3.05) is 17.4 Å². The molecule has 2 N–H and O–H groups in total. The molecule has 0 saturated heterocycles. The first-order valence-electron chi connectivity index (χ1n) is 8.46. The van der Waals surface area contributed by atoms with Crippen molar-refractivity contribution in [2.45, 2.75) is 13.8 Å². The van der Waals surface area contributed by atoms with E-state index in [1.54, 1.807) is 0 Å². The molecule has 1 aliphatic heterocycles. The molecule has 27 heavy (non-hydrogen) atoms. The highest BCUT2D eigenvalue weighted by Crippen LogP contribution is 2.34. The molecule has 3 aromatic rings. The molecule has 0 saturated carbocycles. The van der Waals surface area contributed by atoms with Gasteiger partial charge in [0, 0.05) is 29.8 Å². The molecule has 4 rings (SSSR count). The zero-order valence-electron chi connectivity index (χ0n) is 14.9. The molecule has 1 aliphatic rings. The van der Waals surface area contributed by atoms with Gasteiger partial charge >= 0.3 is 0 Å². The highest BCUT2D eigenvalue weighted by molar-refractivity contribution is 6.03.